The second-order valence-corrected chi connectivity index (χ2v) is 5.54. The first kappa shape index (κ1) is 21.2. The molecule has 0 aliphatic heterocycles. The summed E-state index contributed by atoms with van der Waals surface area (Å²) in [5, 5.41) is 6.21. The number of nitrogens with one attached hydrogen (secondary N) is 2. The van der Waals surface area contributed by atoms with Gasteiger partial charge in [0.15, 0.2) is 17.5 Å². The minimum absolute atomic E-state index is 0.0154. The first-order valence-electron chi connectivity index (χ1n) is 8.70. The molecule has 0 bridgehead atoms. The number of aromatic nitrogens is 1. The minimum Gasteiger partial charge on any atom is -0.490 e. The average Bonchev–Trinajstić information content (AvgIpc) is 2.70. The lowest BCUT2D eigenvalue weighted by atomic mass is 10.2. The van der Waals surface area contributed by atoms with Gasteiger partial charge in [0.05, 0.1) is 13.7 Å². The van der Waals surface area contributed by atoms with Gasteiger partial charge in [-0.2, -0.15) is 8.78 Å². The van der Waals surface area contributed by atoms with E-state index in [1.54, 1.807) is 51.5 Å². The van der Waals surface area contributed by atoms with Gasteiger partial charge < -0.3 is 24.8 Å². The number of methoxy groups -OCH3 is 1. The van der Waals surface area contributed by atoms with Gasteiger partial charge in [-0.05, 0) is 18.6 Å². The highest BCUT2D eigenvalue weighted by Gasteiger charge is 2.16. The molecule has 1 heterocycles. The number of rotatable bonds is 9. The monoisotopic (exact) mass is 394 g/mol. The van der Waals surface area contributed by atoms with Crippen molar-refractivity contribution in [2.45, 2.75) is 26.6 Å². The van der Waals surface area contributed by atoms with Gasteiger partial charge in [-0.25, -0.2) is 4.98 Å². The van der Waals surface area contributed by atoms with Crippen LogP contribution in [-0.2, 0) is 13.1 Å². The summed E-state index contributed by atoms with van der Waals surface area (Å²) in [5.41, 5.74) is 1.46. The molecule has 0 saturated carbocycles. The van der Waals surface area contributed by atoms with Crippen molar-refractivity contribution in [1.29, 1.82) is 0 Å². The number of benzene rings is 1. The topological polar surface area (TPSA) is 77.0 Å². The van der Waals surface area contributed by atoms with Gasteiger partial charge in [0.25, 0.3) is 0 Å². The summed E-state index contributed by atoms with van der Waals surface area (Å²) in [6.07, 6.45) is 1.69. The Morgan fingerprint density at radius 1 is 1.18 bits per heavy atom. The van der Waals surface area contributed by atoms with Gasteiger partial charge in [0.1, 0.15) is 0 Å². The molecule has 0 radical (unpaired) electrons. The average molecular weight is 394 g/mol. The predicted molar refractivity (Wildman–Crippen MR) is 102 cm³/mol. The zero-order valence-electron chi connectivity index (χ0n) is 16.0. The summed E-state index contributed by atoms with van der Waals surface area (Å²) in [7, 11) is 3.17. The molecule has 28 heavy (non-hydrogen) atoms. The van der Waals surface area contributed by atoms with Crippen LogP contribution in [0.1, 0.15) is 18.1 Å². The van der Waals surface area contributed by atoms with Crippen LogP contribution in [0.25, 0.3) is 0 Å². The number of aliphatic imine (C=N–C) groups is 1. The van der Waals surface area contributed by atoms with Crippen molar-refractivity contribution in [3.05, 3.63) is 47.7 Å². The summed E-state index contributed by atoms with van der Waals surface area (Å²) >= 11 is 0. The molecule has 2 rings (SSSR count). The van der Waals surface area contributed by atoms with Crippen LogP contribution < -0.4 is 24.8 Å². The van der Waals surface area contributed by atoms with Crippen molar-refractivity contribution in [2.75, 3.05) is 20.8 Å². The Bertz CT molecular complexity index is 770. The third-order valence-corrected chi connectivity index (χ3v) is 3.70. The molecule has 0 aliphatic carbocycles. The number of hydrogen-bond donors (Lipinski definition) is 2. The third kappa shape index (κ3) is 6.26. The highest BCUT2D eigenvalue weighted by atomic mass is 19.3. The van der Waals surface area contributed by atoms with E-state index in [1.807, 2.05) is 6.07 Å². The fourth-order valence-electron chi connectivity index (χ4n) is 2.41. The summed E-state index contributed by atoms with van der Waals surface area (Å²) in [5.74, 6) is 1.32. The molecule has 1 aromatic heterocycles. The highest BCUT2D eigenvalue weighted by molar-refractivity contribution is 5.79. The second-order valence-electron chi connectivity index (χ2n) is 5.54. The van der Waals surface area contributed by atoms with Crippen LogP contribution >= 0.6 is 0 Å². The number of nitrogens with zero attached hydrogens (tertiary/aromatic N) is 2. The molecule has 9 heteroatoms. The molecule has 0 aliphatic rings. The first-order chi connectivity index (χ1) is 13.6. The molecule has 0 saturated heterocycles. The van der Waals surface area contributed by atoms with Crippen molar-refractivity contribution in [2.24, 2.45) is 4.99 Å². The minimum atomic E-state index is -2.94. The Labute approximate surface area is 162 Å². The SMILES string of the molecule is CCOc1cccc(CNC(=NC)NCc2ccc(OC)nc2)c1OC(F)F. The molecule has 0 spiro atoms. The Balaban J connectivity index is 2.01. The van der Waals surface area contributed by atoms with Gasteiger partial charge in [0.2, 0.25) is 5.88 Å². The molecule has 7 nitrogen and oxygen atoms in total. The Morgan fingerprint density at radius 2 is 1.96 bits per heavy atom. The van der Waals surface area contributed by atoms with Gasteiger partial charge >= 0.3 is 6.61 Å². The van der Waals surface area contributed by atoms with Crippen LogP contribution in [0, 0.1) is 0 Å². The molecule has 2 aromatic rings. The van der Waals surface area contributed by atoms with Crippen LogP contribution in [-0.4, -0.2) is 38.3 Å². The number of para-hydroxylation sites is 1. The summed E-state index contributed by atoms with van der Waals surface area (Å²) < 4.78 is 40.7. The summed E-state index contributed by atoms with van der Waals surface area (Å²) in [6.45, 7) is -0.119. The number of hydrogen-bond acceptors (Lipinski definition) is 5. The van der Waals surface area contributed by atoms with E-state index in [0.717, 1.165) is 5.56 Å². The van der Waals surface area contributed by atoms with Crippen molar-refractivity contribution in [3.8, 4) is 17.4 Å². The van der Waals surface area contributed by atoms with Crippen molar-refractivity contribution >= 4 is 5.96 Å². The number of halogens is 2. The molecule has 0 atom stereocenters. The number of guanidine groups is 1. The fourth-order valence-corrected chi connectivity index (χ4v) is 2.41. The van der Waals surface area contributed by atoms with Crippen molar-refractivity contribution < 1.29 is 23.0 Å². The Kier molecular flexibility index (Phi) is 8.26. The van der Waals surface area contributed by atoms with Gasteiger partial charge in [-0.1, -0.05) is 18.2 Å². The zero-order chi connectivity index (χ0) is 20.4. The van der Waals surface area contributed by atoms with Crippen LogP contribution in [0.3, 0.4) is 0 Å². The van der Waals surface area contributed by atoms with E-state index in [1.165, 1.54) is 0 Å². The number of ether oxygens (including phenoxy) is 3. The second kappa shape index (κ2) is 10.9. The highest BCUT2D eigenvalue weighted by Crippen LogP contribution is 2.32. The van der Waals surface area contributed by atoms with Crippen LogP contribution in [0.4, 0.5) is 8.78 Å². The first-order valence-corrected chi connectivity index (χ1v) is 8.70. The zero-order valence-corrected chi connectivity index (χ0v) is 16.0. The van der Waals surface area contributed by atoms with E-state index in [0.29, 0.717) is 30.6 Å². The predicted octanol–water partition coefficient (Wildman–Crippen LogP) is 2.96. The molecule has 152 valence electrons. The maximum Gasteiger partial charge on any atom is 0.387 e. The van der Waals surface area contributed by atoms with Crippen LogP contribution in [0.15, 0.2) is 41.5 Å². The van der Waals surface area contributed by atoms with E-state index >= 15 is 0 Å². The lowest BCUT2D eigenvalue weighted by Gasteiger charge is -2.17. The van der Waals surface area contributed by atoms with Crippen LogP contribution in [0.5, 0.6) is 17.4 Å². The molecule has 1 aromatic carbocycles. The fraction of sp³-hybridized carbons (Fsp3) is 0.368. The largest absolute Gasteiger partial charge is 0.490 e. The maximum absolute atomic E-state index is 12.8. The normalized spacial score (nSPS) is 11.3. The van der Waals surface area contributed by atoms with Crippen LogP contribution in [0.2, 0.25) is 0 Å². The van der Waals surface area contributed by atoms with E-state index in [9.17, 15) is 8.78 Å². The van der Waals surface area contributed by atoms with Crippen molar-refractivity contribution in [3.63, 3.8) is 0 Å². The lowest BCUT2D eigenvalue weighted by molar-refractivity contribution is -0.0520. The van der Waals surface area contributed by atoms with Crippen molar-refractivity contribution in [1.82, 2.24) is 15.6 Å². The standard InChI is InChI=1S/C19H24F2N4O3/c1-4-27-15-7-5-6-14(17(15)28-18(20)21)12-25-19(22-2)24-11-13-8-9-16(26-3)23-10-13/h5-10,18H,4,11-12H2,1-3H3,(H2,22,24,25). The molecule has 0 fully saturated rings. The van der Waals surface area contributed by atoms with E-state index in [4.69, 9.17) is 9.47 Å². The molecule has 0 unspecified atom stereocenters. The molecule has 2 N–H and O–H groups in total. The van der Waals surface area contributed by atoms with E-state index < -0.39 is 6.61 Å². The third-order valence-electron chi connectivity index (χ3n) is 3.70. The number of alkyl halides is 2. The summed E-state index contributed by atoms with van der Waals surface area (Å²) in [4.78, 5) is 8.27. The molecule has 0 amide bonds. The smallest absolute Gasteiger partial charge is 0.387 e. The quantitative estimate of drug-likeness (QED) is 0.503. The molecular formula is C19H24F2N4O3. The van der Waals surface area contributed by atoms with Gasteiger partial charge in [-0.3, -0.25) is 4.99 Å². The maximum atomic E-state index is 12.8. The summed E-state index contributed by atoms with van der Waals surface area (Å²) in [6, 6.07) is 8.65. The Morgan fingerprint density at radius 3 is 2.57 bits per heavy atom. The molecular weight excluding hydrogens is 370 g/mol. The van der Waals surface area contributed by atoms with Gasteiger partial charge in [-0.15, -0.1) is 0 Å². The lowest BCUT2D eigenvalue weighted by Crippen LogP contribution is -2.36. The number of pyridine rings is 1. The van der Waals surface area contributed by atoms with E-state index in [-0.39, 0.29) is 18.0 Å². The Hall–Kier alpha value is -3.10. The van der Waals surface area contributed by atoms with Gasteiger partial charge in [0, 0.05) is 38.0 Å². The van der Waals surface area contributed by atoms with E-state index in [2.05, 4.69) is 25.3 Å².